The van der Waals surface area contributed by atoms with Crippen molar-refractivity contribution in [3.63, 3.8) is 0 Å². The molecule has 1 aromatic carbocycles. The molecule has 1 amide bonds. The molecule has 0 radical (unpaired) electrons. The van der Waals surface area contributed by atoms with Crippen LogP contribution in [0.25, 0.3) is 0 Å². The Morgan fingerprint density at radius 2 is 1.75 bits per heavy atom. The molecule has 2 aliphatic rings. The van der Waals surface area contributed by atoms with Crippen LogP contribution in [0.4, 0.5) is 0 Å². The highest BCUT2D eigenvalue weighted by molar-refractivity contribution is 7.89. The second-order valence-electron chi connectivity index (χ2n) is 7.99. The van der Waals surface area contributed by atoms with Crippen LogP contribution in [-0.4, -0.2) is 61.9 Å². The van der Waals surface area contributed by atoms with E-state index in [0.29, 0.717) is 50.1 Å². The zero-order chi connectivity index (χ0) is 20.1. The Bertz CT molecular complexity index is 749. The smallest absolute Gasteiger partial charge is 0.243 e. The lowest BCUT2D eigenvalue weighted by Crippen LogP contribution is -2.43. The fourth-order valence-electron chi connectivity index (χ4n) is 4.24. The minimum atomic E-state index is -3.47. The van der Waals surface area contributed by atoms with Crippen molar-refractivity contribution in [1.29, 1.82) is 0 Å². The number of ether oxygens (including phenoxy) is 1. The summed E-state index contributed by atoms with van der Waals surface area (Å²) in [6.45, 7) is 5.83. The first-order chi connectivity index (χ1) is 13.4. The van der Waals surface area contributed by atoms with Crippen LogP contribution >= 0.6 is 0 Å². The van der Waals surface area contributed by atoms with Crippen molar-refractivity contribution in [1.82, 2.24) is 9.21 Å². The number of morpholine rings is 1. The molecule has 6 nitrogen and oxygen atoms in total. The molecule has 1 saturated heterocycles. The zero-order valence-electron chi connectivity index (χ0n) is 17.0. The maximum atomic E-state index is 12.8. The highest BCUT2D eigenvalue weighted by Gasteiger charge is 2.28. The number of nitrogens with zero attached hydrogens (tertiary/aromatic N) is 2. The first-order valence-electron chi connectivity index (χ1n) is 10.4. The van der Waals surface area contributed by atoms with Crippen LogP contribution in [-0.2, 0) is 26.0 Å². The van der Waals surface area contributed by atoms with Gasteiger partial charge in [-0.1, -0.05) is 25.0 Å². The van der Waals surface area contributed by atoms with Gasteiger partial charge >= 0.3 is 0 Å². The summed E-state index contributed by atoms with van der Waals surface area (Å²) >= 11 is 0. The van der Waals surface area contributed by atoms with Crippen LogP contribution in [0.15, 0.2) is 29.2 Å². The van der Waals surface area contributed by atoms with Gasteiger partial charge in [-0.2, -0.15) is 4.31 Å². The summed E-state index contributed by atoms with van der Waals surface area (Å²) in [6, 6.07) is 7.57. The lowest BCUT2D eigenvalue weighted by molar-refractivity contribution is -0.135. The maximum Gasteiger partial charge on any atom is 0.243 e. The number of carbonyl (C=O) groups is 1. The van der Waals surface area contributed by atoms with E-state index in [1.807, 2.05) is 12.1 Å². The molecule has 3 rings (SSSR count). The van der Waals surface area contributed by atoms with Gasteiger partial charge in [0.15, 0.2) is 0 Å². The van der Waals surface area contributed by atoms with E-state index in [0.717, 1.165) is 18.4 Å². The largest absolute Gasteiger partial charge is 0.379 e. The standard InChI is InChI=1S/C21H32N2O4S/c1-17(2)23(19-5-3-4-6-19)21(24)12-9-18-7-10-20(11-8-18)28(25,26)22-13-15-27-16-14-22/h7-8,10-11,17,19H,3-6,9,12-16H2,1-2H3. The van der Waals surface area contributed by atoms with Crippen LogP contribution in [0.2, 0.25) is 0 Å². The molecule has 2 fully saturated rings. The molecule has 0 unspecified atom stereocenters. The lowest BCUT2D eigenvalue weighted by atomic mass is 10.1. The second kappa shape index (κ2) is 9.37. The van der Waals surface area contributed by atoms with Crippen LogP contribution in [0.1, 0.15) is 51.5 Å². The van der Waals surface area contributed by atoms with Gasteiger partial charge in [-0.05, 0) is 50.8 Å². The van der Waals surface area contributed by atoms with Crippen molar-refractivity contribution in [2.45, 2.75) is 69.4 Å². The van der Waals surface area contributed by atoms with Gasteiger partial charge < -0.3 is 9.64 Å². The third-order valence-electron chi connectivity index (χ3n) is 5.72. The second-order valence-corrected chi connectivity index (χ2v) is 9.93. The number of carbonyl (C=O) groups excluding carboxylic acids is 1. The normalized spacial score (nSPS) is 19.2. The summed E-state index contributed by atoms with van der Waals surface area (Å²) in [5, 5.41) is 0. The average Bonchev–Trinajstić information content (AvgIpc) is 3.21. The third-order valence-corrected chi connectivity index (χ3v) is 7.63. The molecule has 1 aliphatic heterocycles. The molecule has 0 N–H and O–H groups in total. The Kier molecular flexibility index (Phi) is 7.12. The zero-order valence-corrected chi connectivity index (χ0v) is 17.8. The molecule has 156 valence electrons. The Hall–Kier alpha value is -1.44. The summed E-state index contributed by atoms with van der Waals surface area (Å²) in [5.74, 6) is 0.201. The van der Waals surface area contributed by atoms with Crippen LogP contribution in [0.5, 0.6) is 0 Å². The van der Waals surface area contributed by atoms with E-state index < -0.39 is 10.0 Å². The van der Waals surface area contributed by atoms with Crippen molar-refractivity contribution < 1.29 is 17.9 Å². The quantitative estimate of drug-likeness (QED) is 0.696. The number of hydrogen-bond acceptors (Lipinski definition) is 4. The Morgan fingerprint density at radius 1 is 1.14 bits per heavy atom. The van der Waals surface area contributed by atoms with Gasteiger partial charge in [0.25, 0.3) is 0 Å². The first-order valence-corrected chi connectivity index (χ1v) is 11.8. The van der Waals surface area contributed by atoms with E-state index in [4.69, 9.17) is 4.74 Å². The molecular weight excluding hydrogens is 376 g/mol. The molecule has 1 heterocycles. The lowest BCUT2D eigenvalue weighted by Gasteiger charge is -2.33. The van der Waals surface area contributed by atoms with E-state index >= 15 is 0 Å². The summed E-state index contributed by atoms with van der Waals surface area (Å²) in [6.07, 6.45) is 5.73. The Balaban J connectivity index is 1.60. The molecule has 0 atom stereocenters. The van der Waals surface area contributed by atoms with Crippen LogP contribution in [0.3, 0.4) is 0 Å². The van der Waals surface area contributed by atoms with Gasteiger partial charge in [-0.3, -0.25) is 4.79 Å². The number of aryl methyl sites for hydroxylation is 1. The minimum Gasteiger partial charge on any atom is -0.379 e. The molecule has 1 aromatic rings. The predicted molar refractivity (Wildman–Crippen MR) is 109 cm³/mol. The summed E-state index contributed by atoms with van der Waals surface area (Å²) < 4.78 is 32.1. The van der Waals surface area contributed by atoms with Crippen LogP contribution in [0, 0.1) is 0 Å². The first kappa shape index (κ1) is 21.3. The highest BCUT2D eigenvalue weighted by Crippen LogP contribution is 2.26. The molecule has 1 aliphatic carbocycles. The monoisotopic (exact) mass is 408 g/mol. The fraction of sp³-hybridized carbons (Fsp3) is 0.667. The molecule has 7 heteroatoms. The Labute approximate surface area is 168 Å². The predicted octanol–water partition coefficient (Wildman–Crippen LogP) is 2.82. The number of amides is 1. The molecule has 1 saturated carbocycles. The van der Waals surface area contributed by atoms with E-state index in [1.165, 1.54) is 17.1 Å². The molecule has 0 bridgehead atoms. The van der Waals surface area contributed by atoms with Crippen molar-refractivity contribution in [3.8, 4) is 0 Å². The van der Waals surface area contributed by atoms with Gasteiger partial charge in [0.1, 0.15) is 0 Å². The summed E-state index contributed by atoms with van der Waals surface area (Å²) in [7, 11) is -3.47. The topological polar surface area (TPSA) is 66.9 Å². The average molecular weight is 409 g/mol. The van der Waals surface area contributed by atoms with E-state index in [9.17, 15) is 13.2 Å². The van der Waals surface area contributed by atoms with Crippen LogP contribution < -0.4 is 0 Å². The molecule has 0 spiro atoms. The summed E-state index contributed by atoms with van der Waals surface area (Å²) in [4.78, 5) is 15.2. The molecule has 28 heavy (non-hydrogen) atoms. The van der Waals surface area contributed by atoms with Crippen molar-refractivity contribution in [2.75, 3.05) is 26.3 Å². The van der Waals surface area contributed by atoms with Crippen molar-refractivity contribution in [3.05, 3.63) is 29.8 Å². The minimum absolute atomic E-state index is 0.201. The van der Waals surface area contributed by atoms with Crippen molar-refractivity contribution in [2.24, 2.45) is 0 Å². The van der Waals surface area contributed by atoms with E-state index in [1.54, 1.807) is 12.1 Å². The number of hydrogen-bond donors (Lipinski definition) is 0. The number of sulfonamides is 1. The molecular formula is C21H32N2O4S. The Morgan fingerprint density at radius 3 is 2.32 bits per heavy atom. The van der Waals surface area contributed by atoms with Gasteiger partial charge in [-0.25, -0.2) is 8.42 Å². The van der Waals surface area contributed by atoms with E-state index in [2.05, 4.69) is 18.7 Å². The van der Waals surface area contributed by atoms with Crippen molar-refractivity contribution >= 4 is 15.9 Å². The van der Waals surface area contributed by atoms with Gasteiger partial charge in [-0.15, -0.1) is 0 Å². The van der Waals surface area contributed by atoms with E-state index in [-0.39, 0.29) is 11.9 Å². The van der Waals surface area contributed by atoms with Gasteiger partial charge in [0.05, 0.1) is 18.1 Å². The third kappa shape index (κ3) is 4.93. The van der Waals surface area contributed by atoms with Gasteiger partial charge in [0.2, 0.25) is 15.9 Å². The summed E-state index contributed by atoms with van der Waals surface area (Å²) in [5.41, 5.74) is 0.990. The highest BCUT2D eigenvalue weighted by atomic mass is 32.2. The van der Waals surface area contributed by atoms with Gasteiger partial charge in [0, 0.05) is 31.6 Å². The maximum absolute atomic E-state index is 12.8. The SMILES string of the molecule is CC(C)N(C(=O)CCc1ccc(S(=O)(=O)N2CCOCC2)cc1)C1CCCC1. The number of rotatable bonds is 7. The molecule has 0 aromatic heterocycles. The fourth-order valence-corrected chi connectivity index (χ4v) is 5.65. The number of benzene rings is 1.